The van der Waals surface area contributed by atoms with E-state index in [1.54, 1.807) is 0 Å². The molecule has 3 nitrogen and oxygen atoms in total. The average Bonchev–Trinajstić information content (AvgIpc) is 2.44. The van der Waals surface area contributed by atoms with Crippen LogP contribution in [0.5, 0.6) is 5.75 Å². The van der Waals surface area contributed by atoms with Crippen molar-refractivity contribution < 1.29 is 14.9 Å². The quantitative estimate of drug-likeness (QED) is 0.774. The van der Waals surface area contributed by atoms with Crippen LogP contribution in [0.25, 0.3) is 0 Å². The van der Waals surface area contributed by atoms with Crippen LogP contribution >= 0.6 is 11.6 Å². The van der Waals surface area contributed by atoms with Gasteiger partial charge in [-0.15, -0.1) is 0 Å². The summed E-state index contributed by atoms with van der Waals surface area (Å²) in [4.78, 5) is 0. The van der Waals surface area contributed by atoms with Gasteiger partial charge in [0.1, 0.15) is 5.75 Å². The molecule has 1 aromatic rings. The van der Waals surface area contributed by atoms with E-state index in [9.17, 15) is 10.2 Å². The Morgan fingerprint density at radius 3 is 2.45 bits per heavy atom. The third kappa shape index (κ3) is 4.37. The van der Waals surface area contributed by atoms with E-state index in [-0.39, 0.29) is 19.1 Å². The molecule has 0 aliphatic heterocycles. The Morgan fingerprint density at radius 2 is 1.90 bits per heavy atom. The fourth-order valence-corrected chi connectivity index (χ4v) is 2.49. The van der Waals surface area contributed by atoms with Gasteiger partial charge in [0.25, 0.3) is 0 Å². The Balaban J connectivity index is 3.00. The molecule has 0 aromatic heterocycles. The molecule has 0 saturated heterocycles. The molecule has 0 spiro atoms. The minimum atomic E-state index is -0.0901. The zero-order valence-corrected chi connectivity index (χ0v) is 13.3. The van der Waals surface area contributed by atoms with Gasteiger partial charge in [0, 0.05) is 24.2 Å². The Kier molecular flexibility index (Phi) is 7.35. The van der Waals surface area contributed by atoms with E-state index >= 15 is 0 Å². The van der Waals surface area contributed by atoms with Gasteiger partial charge in [-0.25, -0.2) is 0 Å². The first kappa shape index (κ1) is 17.3. The zero-order valence-electron chi connectivity index (χ0n) is 12.6. The maximum Gasteiger partial charge on any atom is 0.125 e. The number of ether oxygens (including phenoxy) is 1. The maximum atomic E-state index is 9.18. The fraction of sp³-hybridized carbons (Fsp3) is 0.625. The van der Waals surface area contributed by atoms with Gasteiger partial charge in [-0.1, -0.05) is 18.5 Å². The molecule has 20 heavy (non-hydrogen) atoms. The van der Waals surface area contributed by atoms with Crippen molar-refractivity contribution in [1.29, 1.82) is 0 Å². The van der Waals surface area contributed by atoms with Crippen molar-refractivity contribution >= 4 is 11.6 Å². The van der Waals surface area contributed by atoms with E-state index in [1.807, 2.05) is 19.9 Å². The van der Waals surface area contributed by atoms with E-state index < -0.39 is 0 Å². The SMILES string of the molecule is CCCOc1c(C)cc(Cl)c(C)c1CCC(CO)CO. The highest BCUT2D eigenvalue weighted by Gasteiger charge is 2.16. The molecule has 0 amide bonds. The molecule has 114 valence electrons. The first-order chi connectivity index (χ1) is 9.54. The van der Waals surface area contributed by atoms with E-state index in [2.05, 4.69) is 6.92 Å². The average molecular weight is 301 g/mol. The highest BCUT2D eigenvalue weighted by Crippen LogP contribution is 2.33. The molecule has 0 bridgehead atoms. The molecular formula is C16H25ClO3. The summed E-state index contributed by atoms with van der Waals surface area (Å²) in [6.07, 6.45) is 2.42. The molecule has 0 atom stereocenters. The predicted molar refractivity (Wildman–Crippen MR) is 82.7 cm³/mol. The van der Waals surface area contributed by atoms with E-state index in [0.717, 1.165) is 46.7 Å². The van der Waals surface area contributed by atoms with Gasteiger partial charge in [0.05, 0.1) is 6.61 Å². The lowest BCUT2D eigenvalue weighted by molar-refractivity contribution is 0.144. The van der Waals surface area contributed by atoms with Gasteiger partial charge in [-0.05, 0) is 55.9 Å². The maximum absolute atomic E-state index is 9.18. The zero-order chi connectivity index (χ0) is 15.1. The standard InChI is InChI=1S/C16H25ClO3/c1-4-7-20-16-11(2)8-15(17)12(3)14(16)6-5-13(9-18)10-19/h8,13,18-19H,4-7,9-10H2,1-3H3. The molecular weight excluding hydrogens is 276 g/mol. The molecule has 0 aliphatic rings. The minimum Gasteiger partial charge on any atom is -0.493 e. The van der Waals surface area contributed by atoms with E-state index in [4.69, 9.17) is 16.3 Å². The summed E-state index contributed by atoms with van der Waals surface area (Å²) >= 11 is 6.25. The lowest BCUT2D eigenvalue weighted by Crippen LogP contribution is -2.13. The number of aliphatic hydroxyl groups is 2. The van der Waals surface area contributed by atoms with Crippen molar-refractivity contribution in [3.05, 3.63) is 27.8 Å². The monoisotopic (exact) mass is 300 g/mol. The normalized spacial score (nSPS) is 11.2. The van der Waals surface area contributed by atoms with Crippen molar-refractivity contribution in [2.24, 2.45) is 5.92 Å². The number of halogens is 1. The number of rotatable bonds is 8. The number of aliphatic hydroxyl groups excluding tert-OH is 2. The van der Waals surface area contributed by atoms with E-state index in [0.29, 0.717) is 6.61 Å². The Labute approximate surface area is 126 Å². The fourth-order valence-electron chi connectivity index (χ4n) is 2.21. The van der Waals surface area contributed by atoms with Crippen LogP contribution < -0.4 is 4.74 Å². The van der Waals surface area contributed by atoms with Crippen molar-refractivity contribution in [2.75, 3.05) is 19.8 Å². The Morgan fingerprint density at radius 1 is 1.25 bits per heavy atom. The lowest BCUT2D eigenvalue weighted by Gasteiger charge is -2.19. The first-order valence-electron chi connectivity index (χ1n) is 7.18. The number of hydrogen-bond donors (Lipinski definition) is 2. The molecule has 0 unspecified atom stereocenters. The predicted octanol–water partition coefficient (Wildman–Crippen LogP) is 3.28. The van der Waals surface area contributed by atoms with Crippen LogP contribution in [0, 0.1) is 19.8 Å². The first-order valence-corrected chi connectivity index (χ1v) is 7.55. The second-order valence-corrected chi connectivity index (χ2v) is 5.63. The molecule has 4 heteroatoms. The summed E-state index contributed by atoms with van der Waals surface area (Å²) in [5, 5.41) is 19.1. The summed E-state index contributed by atoms with van der Waals surface area (Å²) in [5.41, 5.74) is 3.15. The second kappa shape index (κ2) is 8.50. The van der Waals surface area contributed by atoms with Crippen molar-refractivity contribution in [3.8, 4) is 5.75 Å². The van der Waals surface area contributed by atoms with Crippen LogP contribution in [0.15, 0.2) is 6.07 Å². The van der Waals surface area contributed by atoms with Crippen molar-refractivity contribution in [1.82, 2.24) is 0 Å². The van der Waals surface area contributed by atoms with Crippen LogP contribution in [0.1, 0.15) is 36.5 Å². The molecule has 2 N–H and O–H groups in total. The molecule has 0 heterocycles. The molecule has 1 aromatic carbocycles. The number of benzene rings is 1. The molecule has 0 saturated carbocycles. The molecule has 0 radical (unpaired) electrons. The summed E-state index contributed by atoms with van der Waals surface area (Å²) in [6.45, 7) is 6.74. The van der Waals surface area contributed by atoms with Crippen molar-refractivity contribution in [3.63, 3.8) is 0 Å². The summed E-state index contributed by atoms with van der Waals surface area (Å²) < 4.78 is 5.87. The summed E-state index contributed by atoms with van der Waals surface area (Å²) in [5.74, 6) is 0.816. The molecule has 0 fully saturated rings. The third-order valence-electron chi connectivity index (χ3n) is 3.56. The summed E-state index contributed by atoms with van der Waals surface area (Å²) in [6, 6.07) is 1.93. The lowest BCUT2D eigenvalue weighted by atomic mass is 9.95. The highest BCUT2D eigenvalue weighted by atomic mass is 35.5. The van der Waals surface area contributed by atoms with Gasteiger partial charge in [0.2, 0.25) is 0 Å². The van der Waals surface area contributed by atoms with Crippen LogP contribution in [-0.4, -0.2) is 30.0 Å². The summed E-state index contributed by atoms with van der Waals surface area (Å²) in [7, 11) is 0. The third-order valence-corrected chi connectivity index (χ3v) is 3.95. The topological polar surface area (TPSA) is 49.7 Å². The largest absolute Gasteiger partial charge is 0.493 e. The van der Waals surface area contributed by atoms with E-state index in [1.165, 1.54) is 0 Å². The minimum absolute atomic E-state index is 0.000244. The van der Waals surface area contributed by atoms with Gasteiger partial charge in [-0.2, -0.15) is 0 Å². The molecule has 1 rings (SSSR count). The van der Waals surface area contributed by atoms with Crippen molar-refractivity contribution in [2.45, 2.75) is 40.0 Å². The van der Waals surface area contributed by atoms with Gasteiger partial charge in [-0.3, -0.25) is 0 Å². The molecule has 0 aliphatic carbocycles. The van der Waals surface area contributed by atoms with Gasteiger partial charge < -0.3 is 14.9 Å². The van der Waals surface area contributed by atoms with Crippen LogP contribution in [0.3, 0.4) is 0 Å². The smallest absolute Gasteiger partial charge is 0.125 e. The second-order valence-electron chi connectivity index (χ2n) is 5.23. The van der Waals surface area contributed by atoms with Crippen LogP contribution in [0.2, 0.25) is 5.02 Å². The van der Waals surface area contributed by atoms with Gasteiger partial charge in [0.15, 0.2) is 0 Å². The van der Waals surface area contributed by atoms with Crippen LogP contribution in [0.4, 0.5) is 0 Å². The Hall–Kier alpha value is -0.770. The van der Waals surface area contributed by atoms with Crippen LogP contribution in [-0.2, 0) is 6.42 Å². The highest BCUT2D eigenvalue weighted by molar-refractivity contribution is 6.31. The number of aryl methyl sites for hydroxylation is 1. The van der Waals surface area contributed by atoms with Gasteiger partial charge >= 0.3 is 0 Å². The number of hydrogen-bond acceptors (Lipinski definition) is 3. The Bertz CT molecular complexity index is 428.